The molecule has 0 aliphatic rings. The van der Waals surface area contributed by atoms with Crippen LogP contribution < -0.4 is 5.73 Å². The van der Waals surface area contributed by atoms with Crippen LogP contribution in [-0.2, 0) is 0 Å². The topological polar surface area (TPSA) is 69.9 Å². The van der Waals surface area contributed by atoms with Crippen molar-refractivity contribution in [1.82, 2.24) is 14.5 Å². The van der Waals surface area contributed by atoms with Gasteiger partial charge in [-0.25, -0.2) is 9.44 Å². The van der Waals surface area contributed by atoms with Crippen molar-refractivity contribution in [2.45, 2.75) is 0 Å². The van der Waals surface area contributed by atoms with Gasteiger partial charge in [-0.15, -0.1) is 0 Å². The summed E-state index contributed by atoms with van der Waals surface area (Å²) in [5, 5.41) is 5.26. The van der Waals surface area contributed by atoms with E-state index in [0.29, 0.717) is 17.8 Å². The minimum Gasteiger partial charge on any atom is -0.444 e. The lowest BCUT2D eigenvalue weighted by molar-refractivity contribution is 0.572. The Morgan fingerprint density at radius 1 is 1.35 bits per heavy atom. The van der Waals surface area contributed by atoms with Crippen molar-refractivity contribution in [3.05, 3.63) is 30.9 Å². The molecule has 0 aliphatic heterocycles. The van der Waals surface area contributed by atoms with Crippen LogP contribution in [0.15, 0.2) is 35.3 Å². The number of nitrogen functional groups attached to an aromatic ring is 1. The highest BCUT2D eigenvalue weighted by molar-refractivity contribution is 14.2. The van der Waals surface area contributed by atoms with Crippen LogP contribution >= 0.6 is 28.4 Å². The molecule has 1 aromatic carbocycles. The summed E-state index contributed by atoms with van der Waals surface area (Å²) < 4.78 is 7.20. The van der Waals surface area contributed by atoms with Gasteiger partial charge in [-0.3, -0.25) is 0 Å². The third-order valence-electron chi connectivity index (χ3n) is 2.52. The Kier molecular flexibility index (Phi) is 2.76. The molecule has 0 bridgehead atoms. The van der Waals surface area contributed by atoms with Crippen molar-refractivity contribution in [2.24, 2.45) is 0 Å². The molecule has 0 fully saturated rings. The quantitative estimate of drug-likeness (QED) is 0.434. The van der Waals surface area contributed by atoms with Crippen LogP contribution in [0.4, 0.5) is 5.69 Å². The summed E-state index contributed by atoms with van der Waals surface area (Å²) in [6.07, 6.45) is 5.42. The molecule has 0 amide bonds. The molecule has 0 saturated carbocycles. The number of hydrogen-bond acceptors (Lipinski definition) is 4. The van der Waals surface area contributed by atoms with Gasteiger partial charge in [-0.2, -0.15) is 5.10 Å². The third kappa shape index (κ3) is 1.81. The zero-order chi connectivity index (χ0) is 11.8. The number of nitrogens with zero attached hydrogens (tertiary/aromatic N) is 3. The van der Waals surface area contributed by atoms with Crippen LogP contribution in [0.3, 0.4) is 0 Å². The van der Waals surface area contributed by atoms with Crippen LogP contribution in [0.1, 0.15) is 0 Å². The molecule has 86 valence electrons. The molecule has 0 saturated heterocycles. The van der Waals surface area contributed by atoms with E-state index < -0.39 is 0 Å². The standard InChI is InChI=1S/C10H8IN4OP/c11-17-15-9-2-6(10-4-13-5-16-10)1-8(12)7(9)3-14-15/h1-5,17H,12H2. The minimum atomic E-state index is 0.540. The second kappa shape index (κ2) is 4.27. The second-order valence-electron chi connectivity index (χ2n) is 3.50. The van der Waals surface area contributed by atoms with E-state index in [1.165, 1.54) is 6.39 Å². The predicted molar refractivity (Wildman–Crippen MR) is 77.4 cm³/mol. The summed E-state index contributed by atoms with van der Waals surface area (Å²) >= 11 is 2.29. The fourth-order valence-corrected chi connectivity index (χ4v) is 3.25. The van der Waals surface area contributed by atoms with Gasteiger partial charge in [0.25, 0.3) is 0 Å². The lowest BCUT2D eigenvalue weighted by atomic mass is 10.1. The summed E-state index contributed by atoms with van der Waals surface area (Å²) in [6.45, 7) is 0. The molecule has 0 radical (unpaired) electrons. The van der Waals surface area contributed by atoms with E-state index in [-0.39, 0.29) is 0 Å². The second-order valence-corrected chi connectivity index (χ2v) is 5.54. The molecule has 2 aromatic heterocycles. The number of aromatic nitrogens is 3. The largest absolute Gasteiger partial charge is 0.444 e. The van der Waals surface area contributed by atoms with Crippen molar-refractivity contribution in [2.75, 3.05) is 5.73 Å². The maximum absolute atomic E-state index is 6.02. The van der Waals surface area contributed by atoms with E-state index in [9.17, 15) is 0 Å². The molecule has 17 heavy (non-hydrogen) atoms. The third-order valence-corrected chi connectivity index (χ3v) is 4.40. The first-order valence-corrected chi connectivity index (χ1v) is 8.88. The average Bonchev–Trinajstić information content (AvgIpc) is 2.97. The van der Waals surface area contributed by atoms with Crippen molar-refractivity contribution >= 4 is 45.0 Å². The van der Waals surface area contributed by atoms with E-state index in [1.54, 1.807) is 12.4 Å². The van der Waals surface area contributed by atoms with Gasteiger partial charge in [-0.1, -0.05) is 0 Å². The summed E-state index contributed by atoms with van der Waals surface area (Å²) in [5.41, 5.74) is 8.66. The fourth-order valence-electron chi connectivity index (χ4n) is 1.72. The Balaban J connectivity index is 2.28. The van der Waals surface area contributed by atoms with Gasteiger partial charge >= 0.3 is 0 Å². The predicted octanol–water partition coefficient (Wildman–Crippen LogP) is 3.07. The highest BCUT2D eigenvalue weighted by Crippen LogP contribution is 2.34. The van der Waals surface area contributed by atoms with Gasteiger partial charge in [0.2, 0.25) is 0 Å². The zero-order valence-electron chi connectivity index (χ0n) is 8.59. The van der Waals surface area contributed by atoms with E-state index in [0.717, 1.165) is 16.5 Å². The van der Waals surface area contributed by atoms with Crippen LogP contribution in [0, 0.1) is 0 Å². The monoisotopic (exact) mass is 358 g/mol. The van der Waals surface area contributed by atoms with Gasteiger partial charge in [0.1, 0.15) is 0 Å². The molecule has 1 atom stereocenters. The average molecular weight is 358 g/mol. The van der Waals surface area contributed by atoms with E-state index in [2.05, 4.69) is 32.1 Å². The van der Waals surface area contributed by atoms with Crippen LogP contribution in [0.25, 0.3) is 22.2 Å². The van der Waals surface area contributed by atoms with Crippen molar-refractivity contribution < 1.29 is 4.42 Å². The number of fused-ring (bicyclic) bond motifs is 1. The molecule has 3 rings (SSSR count). The van der Waals surface area contributed by atoms with E-state index in [4.69, 9.17) is 10.2 Å². The Hall–Kier alpha value is -1.14. The summed E-state index contributed by atoms with van der Waals surface area (Å²) in [7, 11) is 0. The number of anilines is 1. The van der Waals surface area contributed by atoms with Gasteiger partial charge in [0.05, 0.1) is 24.3 Å². The van der Waals surface area contributed by atoms with Crippen LogP contribution in [0.5, 0.6) is 0 Å². The molecule has 3 aromatic rings. The lowest BCUT2D eigenvalue weighted by Gasteiger charge is -2.03. The minimum absolute atomic E-state index is 0.540. The maximum atomic E-state index is 6.02. The van der Waals surface area contributed by atoms with E-state index >= 15 is 0 Å². The van der Waals surface area contributed by atoms with Crippen LogP contribution in [0.2, 0.25) is 0 Å². The van der Waals surface area contributed by atoms with Crippen molar-refractivity contribution in [3.63, 3.8) is 0 Å². The molecular weight excluding hydrogens is 350 g/mol. The number of rotatable bonds is 2. The molecule has 2 N–H and O–H groups in total. The Labute approximate surface area is 112 Å². The number of nitrogens with two attached hydrogens (primary N) is 1. The number of oxazole rings is 1. The smallest absolute Gasteiger partial charge is 0.181 e. The highest BCUT2D eigenvalue weighted by atomic mass is 127. The SMILES string of the molecule is Nc1cc(-c2cnco2)cc2c1cnn2PI. The molecular formula is C10H8IN4OP. The van der Waals surface area contributed by atoms with Gasteiger partial charge in [-0.05, 0) is 34.2 Å². The Bertz CT molecular complexity index is 664. The molecule has 7 heteroatoms. The molecule has 5 nitrogen and oxygen atoms in total. The fraction of sp³-hybridized carbons (Fsp3) is 0. The lowest BCUT2D eigenvalue weighted by Crippen LogP contribution is -1.88. The Morgan fingerprint density at radius 3 is 2.94 bits per heavy atom. The maximum Gasteiger partial charge on any atom is 0.181 e. The van der Waals surface area contributed by atoms with Gasteiger partial charge in [0.15, 0.2) is 12.2 Å². The molecule has 1 unspecified atom stereocenters. The van der Waals surface area contributed by atoms with Gasteiger partial charge < -0.3 is 10.2 Å². The van der Waals surface area contributed by atoms with Gasteiger partial charge in [0, 0.05) is 16.6 Å². The van der Waals surface area contributed by atoms with E-state index in [1.807, 2.05) is 16.6 Å². The zero-order valence-corrected chi connectivity index (χ0v) is 11.7. The highest BCUT2D eigenvalue weighted by Gasteiger charge is 2.10. The van der Waals surface area contributed by atoms with Crippen molar-refractivity contribution in [3.8, 4) is 11.3 Å². The molecule has 0 spiro atoms. The summed E-state index contributed by atoms with van der Waals surface area (Å²) in [4.78, 5) is 3.91. The molecule has 2 heterocycles. The van der Waals surface area contributed by atoms with Crippen LogP contribution in [-0.4, -0.2) is 14.5 Å². The first-order chi connectivity index (χ1) is 8.29. The first-order valence-electron chi connectivity index (χ1n) is 4.82. The normalized spacial score (nSPS) is 11.8. The number of benzene rings is 1. The number of halogens is 1. The summed E-state index contributed by atoms with van der Waals surface area (Å²) in [5.74, 6) is 0.711. The molecule has 0 aliphatic carbocycles. The first kappa shape index (κ1) is 11.0. The van der Waals surface area contributed by atoms with Crippen molar-refractivity contribution in [1.29, 1.82) is 0 Å². The Morgan fingerprint density at radius 2 is 2.24 bits per heavy atom. The summed E-state index contributed by atoms with van der Waals surface area (Å²) in [6, 6.07) is 3.90. The number of hydrogen-bond donors (Lipinski definition) is 1.